The lowest BCUT2D eigenvalue weighted by molar-refractivity contribution is -0.177. The molecule has 0 bridgehead atoms. The van der Waals surface area contributed by atoms with Gasteiger partial charge in [-0.05, 0) is 43.9 Å². The van der Waals surface area contributed by atoms with Crippen molar-refractivity contribution in [1.29, 1.82) is 0 Å². The smallest absolute Gasteiger partial charge is 0.0741 e. The third-order valence-corrected chi connectivity index (χ3v) is 5.21. The Labute approximate surface area is 93.2 Å². The van der Waals surface area contributed by atoms with E-state index in [0.29, 0.717) is 12.5 Å². The van der Waals surface area contributed by atoms with E-state index in [2.05, 4.69) is 13.8 Å². The molecule has 2 nitrogen and oxygen atoms in total. The van der Waals surface area contributed by atoms with E-state index in [0.717, 1.165) is 31.6 Å². The average molecular weight is 211 g/mol. The Balaban J connectivity index is 2.17. The lowest BCUT2D eigenvalue weighted by Gasteiger charge is -2.58. The van der Waals surface area contributed by atoms with Crippen molar-refractivity contribution in [2.75, 3.05) is 6.54 Å². The van der Waals surface area contributed by atoms with Crippen LogP contribution in [0.15, 0.2) is 0 Å². The summed E-state index contributed by atoms with van der Waals surface area (Å²) in [5.41, 5.74) is 5.52. The summed E-state index contributed by atoms with van der Waals surface area (Å²) in [5.74, 6) is 1.19. The van der Waals surface area contributed by atoms with Gasteiger partial charge in [-0.25, -0.2) is 0 Å². The molecular formula is C13H25NO. The Hall–Kier alpha value is -0.0800. The van der Waals surface area contributed by atoms with Gasteiger partial charge in [0.2, 0.25) is 0 Å². The summed E-state index contributed by atoms with van der Waals surface area (Å²) >= 11 is 0. The van der Waals surface area contributed by atoms with Crippen molar-refractivity contribution in [3.05, 3.63) is 0 Å². The molecule has 0 saturated heterocycles. The number of rotatable bonds is 2. The van der Waals surface area contributed by atoms with Crippen molar-refractivity contribution in [3.63, 3.8) is 0 Å². The Kier molecular flexibility index (Phi) is 2.85. The van der Waals surface area contributed by atoms with Gasteiger partial charge in [-0.15, -0.1) is 0 Å². The van der Waals surface area contributed by atoms with Gasteiger partial charge < -0.3 is 10.8 Å². The van der Waals surface area contributed by atoms with Crippen molar-refractivity contribution in [2.24, 2.45) is 23.0 Å². The van der Waals surface area contributed by atoms with Crippen LogP contribution in [0.1, 0.15) is 52.4 Å². The van der Waals surface area contributed by atoms with Crippen LogP contribution in [-0.2, 0) is 0 Å². The van der Waals surface area contributed by atoms with Crippen LogP contribution < -0.4 is 5.73 Å². The van der Waals surface area contributed by atoms with Crippen LogP contribution in [0, 0.1) is 17.3 Å². The Morgan fingerprint density at radius 1 is 1.27 bits per heavy atom. The van der Waals surface area contributed by atoms with Crippen LogP contribution in [0.5, 0.6) is 0 Å². The highest BCUT2D eigenvalue weighted by Crippen LogP contribution is 2.56. The van der Waals surface area contributed by atoms with Crippen LogP contribution in [0.25, 0.3) is 0 Å². The molecule has 0 aromatic carbocycles. The Bertz CT molecular complexity index is 231. The second kappa shape index (κ2) is 3.74. The van der Waals surface area contributed by atoms with E-state index >= 15 is 0 Å². The first-order valence-corrected chi connectivity index (χ1v) is 6.46. The summed E-state index contributed by atoms with van der Waals surface area (Å²) in [7, 11) is 0. The molecule has 15 heavy (non-hydrogen) atoms. The van der Waals surface area contributed by atoms with Crippen molar-refractivity contribution >= 4 is 0 Å². The van der Waals surface area contributed by atoms with Crippen LogP contribution in [0.4, 0.5) is 0 Å². The molecule has 2 saturated carbocycles. The molecule has 2 heteroatoms. The standard InChI is InChI=1S/C13H25NO/c1-10-4-7-13(15,11(2)8-10)12(9-14)5-3-6-12/h10-11,15H,3-9,14H2,1-2H3. The summed E-state index contributed by atoms with van der Waals surface area (Å²) < 4.78 is 0. The van der Waals surface area contributed by atoms with Crippen molar-refractivity contribution < 1.29 is 5.11 Å². The monoisotopic (exact) mass is 211 g/mol. The molecule has 0 aromatic heterocycles. The molecule has 2 fully saturated rings. The molecule has 0 heterocycles. The molecule has 3 atom stereocenters. The fraction of sp³-hybridized carbons (Fsp3) is 1.00. The molecule has 88 valence electrons. The molecule has 0 spiro atoms. The fourth-order valence-corrected chi connectivity index (χ4v) is 3.83. The largest absolute Gasteiger partial charge is 0.389 e. The minimum Gasteiger partial charge on any atom is -0.389 e. The zero-order valence-corrected chi connectivity index (χ0v) is 10.1. The zero-order chi connectivity index (χ0) is 11.1. The van der Waals surface area contributed by atoms with Crippen molar-refractivity contribution in [3.8, 4) is 0 Å². The Morgan fingerprint density at radius 2 is 1.93 bits per heavy atom. The predicted octanol–water partition coefficient (Wildman–Crippen LogP) is 2.30. The number of nitrogens with two attached hydrogens (primary N) is 1. The lowest BCUT2D eigenvalue weighted by atomic mass is 9.51. The van der Waals surface area contributed by atoms with Gasteiger partial charge in [0, 0.05) is 12.0 Å². The highest BCUT2D eigenvalue weighted by atomic mass is 16.3. The van der Waals surface area contributed by atoms with E-state index in [1.54, 1.807) is 0 Å². The van der Waals surface area contributed by atoms with Gasteiger partial charge in [-0.2, -0.15) is 0 Å². The van der Waals surface area contributed by atoms with E-state index in [1.807, 2.05) is 0 Å². The molecule has 0 aromatic rings. The highest BCUT2D eigenvalue weighted by Gasteiger charge is 2.56. The van der Waals surface area contributed by atoms with Gasteiger partial charge in [0.25, 0.3) is 0 Å². The molecule has 0 radical (unpaired) electrons. The third kappa shape index (κ3) is 1.53. The second-order valence-corrected chi connectivity index (χ2v) is 6.04. The zero-order valence-electron chi connectivity index (χ0n) is 10.1. The molecule has 2 aliphatic carbocycles. The quantitative estimate of drug-likeness (QED) is 0.736. The molecule has 0 aliphatic heterocycles. The van der Waals surface area contributed by atoms with Crippen LogP contribution in [0.3, 0.4) is 0 Å². The molecule has 0 amide bonds. The molecule has 2 aliphatic rings. The SMILES string of the molecule is CC1CCC(O)(C2(CN)CCC2)C(C)C1. The summed E-state index contributed by atoms with van der Waals surface area (Å²) in [6.07, 6.45) is 6.83. The second-order valence-electron chi connectivity index (χ2n) is 6.04. The van der Waals surface area contributed by atoms with E-state index < -0.39 is 5.60 Å². The van der Waals surface area contributed by atoms with Gasteiger partial charge in [0.05, 0.1) is 5.60 Å². The molecule has 3 N–H and O–H groups in total. The van der Waals surface area contributed by atoms with Crippen molar-refractivity contribution in [2.45, 2.75) is 58.0 Å². The third-order valence-electron chi connectivity index (χ3n) is 5.21. The maximum absolute atomic E-state index is 10.9. The van der Waals surface area contributed by atoms with Gasteiger partial charge in [0.15, 0.2) is 0 Å². The summed E-state index contributed by atoms with van der Waals surface area (Å²) in [4.78, 5) is 0. The first kappa shape index (κ1) is 11.4. The topological polar surface area (TPSA) is 46.2 Å². The van der Waals surface area contributed by atoms with Crippen molar-refractivity contribution in [1.82, 2.24) is 0 Å². The first-order valence-electron chi connectivity index (χ1n) is 6.46. The summed E-state index contributed by atoms with van der Waals surface area (Å²) in [6, 6.07) is 0. The van der Waals surface area contributed by atoms with Gasteiger partial charge in [-0.1, -0.05) is 20.3 Å². The lowest BCUT2D eigenvalue weighted by Crippen LogP contribution is -2.61. The Morgan fingerprint density at radius 3 is 2.33 bits per heavy atom. The van der Waals surface area contributed by atoms with Gasteiger partial charge in [0.1, 0.15) is 0 Å². The van der Waals surface area contributed by atoms with Gasteiger partial charge in [-0.3, -0.25) is 0 Å². The number of hydrogen-bond acceptors (Lipinski definition) is 2. The van der Waals surface area contributed by atoms with E-state index in [9.17, 15) is 5.11 Å². The van der Waals surface area contributed by atoms with Crippen LogP contribution >= 0.6 is 0 Å². The average Bonchev–Trinajstić information content (AvgIpc) is 2.11. The normalized spacial score (nSPS) is 44.8. The summed E-state index contributed by atoms with van der Waals surface area (Å²) in [5, 5.41) is 10.9. The number of aliphatic hydroxyl groups is 1. The fourth-order valence-electron chi connectivity index (χ4n) is 3.83. The molecular weight excluding hydrogens is 186 g/mol. The maximum atomic E-state index is 10.9. The first-order chi connectivity index (χ1) is 7.04. The van der Waals surface area contributed by atoms with E-state index in [1.165, 1.54) is 12.8 Å². The summed E-state index contributed by atoms with van der Waals surface area (Å²) in [6.45, 7) is 5.18. The van der Waals surface area contributed by atoms with E-state index in [4.69, 9.17) is 5.73 Å². The maximum Gasteiger partial charge on any atom is 0.0741 e. The molecule has 3 unspecified atom stereocenters. The minimum absolute atomic E-state index is 0.0621. The predicted molar refractivity (Wildman–Crippen MR) is 62.5 cm³/mol. The molecule has 2 rings (SSSR count). The minimum atomic E-state index is -0.466. The van der Waals surface area contributed by atoms with Crippen LogP contribution in [-0.4, -0.2) is 17.3 Å². The highest BCUT2D eigenvalue weighted by molar-refractivity contribution is 5.08. The number of hydrogen-bond donors (Lipinski definition) is 2. The van der Waals surface area contributed by atoms with Crippen LogP contribution in [0.2, 0.25) is 0 Å². The van der Waals surface area contributed by atoms with Gasteiger partial charge >= 0.3 is 0 Å². The van der Waals surface area contributed by atoms with E-state index in [-0.39, 0.29) is 5.41 Å².